The number of halogens is 3. The van der Waals surface area contributed by atoms with Gasteiger partial charge in [0.15, 0.2) is 5.82 Å². The number of H-pyrrole nitrogens is 1. The SMILES string of the molecule is CN(c1ncnc2[nH]ccc12)N1CCC(CC(=O)CC(F)(F)F)CC1. The fourth-order valence-corrected chi connectivity index (χ4v) is 3.29. The van der Waals surface area contributed by atoms with Gasteiger partial charge in [-0.15, -0.1) is 0 Å². The lowest BCUT2D eigenvalue weighted by Crippen LogP contribution is -2.45. The van der Waals surface area contributed by atoms with Gasteiger partial charge in [0.2, 0.25) is 0 Å². The van der Waals surface area contributed by atoms with Gasteiger partial charge in [-0.1, -0.05) is 0 Å². The van der Waals surface area contributed by atoms with Crippen LogP contribution >= 0.6 is 0 Å². The predicted octanol–water partition coefficient (Wildman–Crippen LogP) is 2.93. The number of nitrogens with zero attached hydrogens (tertiary/aromatic N) is 4. The summed E-state index contributed by atoms with van der Waals surface area (Å²) >= 11 is 0. The Hall–Kier alpha value is -2.16. The fraction of sp³-hybridized carbons (Fsp3) is 0.562. The Morgan fingerprint density at radius 2 is 2.08 bits per heavy atom. The van der Waals surface area contributed by atoms with Crippen molar-refractivity contribution in [3.8, 4) is 0 Å². The average molecular weight is 355 g/mol. The van der Waals surface area contributed by atoms with E-state index in [-0.39, 0.29) is 12.3 Å². The van der Waals surface area contributed by atoms with Crippen molar-refractivity contribution in [2.75, 3.05) is 25.1 Å². The van der Waals surface area contributed by atoms with E-state index in [0.29, 0.717) is 25.9 Å². The van der Waals surface area contributed by atoms with E-state index < -0.39 is 18.4 Å². The quantitative estimate of drug-likeness (QED) is 0.893. The molecular weight excluding hydrogens is 335 g/mol. The van der Waals surface area contributed by atoms with Crippen LogP contribution in [0.2, 0.25) is 0 Å². The maximum absolute atomic E-state index is 12.3. The van der Waals surface area contributed by atoms with E-state index in [1.165, 1.54) is 6.33 Å². The fourth-order valence-electron chi connectivity index (χ4n) is 3.29. The van der Waals surface area contributed by atoms with Crippen molar-refractivity contribution in [1.82, 2.24) is 20.0 Å². The first-order valence-electron chi connectivity index (χ1n) is 8.18. The molecule has 6 nitrogen and oxygen atoms in total. The molecule has 0 aromatic carbocycles. The molecule has 0 unspecified atom stereocenters. The van der Waals surface area contributed by atoms with Crippen LogP contribution in [-0.2, 0) is 4.79 Å². The van der Waals surface area contributed by atoms with E-state index in [4.69, 9.17) is 0 Å². The standard InChI is InChI=1S/C16H20F3N5O/c1-23(15-13-2-5-20-14(13)21-10-22-15)24-6-3-11(4-7-24)8-12(25)9-16(17,18)19/h2,5,10-11H,3-4,6-9H2,1H3,(H,20,21,22). The molecule has 3 heterocycles. The van der Waals surface area contributed by atoms with Gasteiger partial charge in [0.25, 0.3) is 0 Å². The molecule has 1 saturated heterocycles. The number of nitrogens with one attached hydrogen (secondary N) is 1. The molecule has 0 radical (unpaired) electrons. The van der Waals surface area contributed by atoms with E-state index in [2.05, 4.69) is 20.0 Å². The van der Waals surface area contributed by atoms with E-state index in [1.54, 1.807) is 6.20 Å². The highest BCUT2D eigenvalue weighted by atomic mass is 19.4. The zero-order chi connectivity index (χ0) is 18.0. The minimum absolute atomic E-state index is 0.00657. The molecule has 2 aromatic rings. The number of hydrogen-bond acceptors (Lipinski definition) is 5. The Morgan fingerprint density at radius 1 is 1.36 bits per heavy atom. The predicted molar refractivity (Wildman–Crippen MR) is 86.9 cm³/mol. The number of ketones is 1. The molecule has 1 aliphatic heterocycles. The second kappa shape index (κ2) is 6.99. The molecule has 0 atom stereocenters. The van der Waals surface area contributed by atoms with Gasteiger partial charge in [0.05, 0.1) is 5.39 Å². The molecule has 0 spiro atoms. The Balaban J connectivity index is 1.57. The first-order valence-corrected chi connectivity index (χ1v) is 8.18. The highest BCUT2D eigenvalue weighted by Crippen LogP contribution is 2.28. The lowest BCUT2D eigenvalue weighted by Gasteiger charge is -2.38. The van der Waals surface area contributed by atoms with Crippen LogP contribution in [0.25, 0.3) is 11.0 Å². The highest BCUT2D eigenvalue weighted by molar-refractivity contribution is 5.86. The normalized spacial score (nSPS) is 17.1. The summed E-state index contributed by atoms with van der Waals surface area (Å²) < 4.78 is 36.8. The zero-order valence-corrected chi connectivity index (χ0v) is 13.9. The van der Waals surface area contributed by atoms with Crippen molar-refractivity contribution in [1.29, 1.82) is 0 Å². The molecule has 0 bridgehead atoms. The third-order valence-electron chi connectivity index (χ3n) is 4.57. The lowest BCUT2D eigenvalue weighted by molar-refractivity contribution is -0.153. The van der Waals surface area contributed by atoms with E-state index in [0.717, 1.165) is 16.9 Å². The Bertz CT molecular complexity index is 737. The maximum atomic E-state index is 12.3. The number of alkyl halides is 3. The molecule has 136 valence electrons. The van der Waals surface area contributed by atoms with E-state index in [9.17, 15) is 18.0 Å². The van der Waals surface area contributed by atoms with Crippen molar-refractivity contribution in [2.45, 2.75) is 31.9 Å². The number of anilines is 1. The molecule has 0 aliphatic carbocycles. The number of fused-ring (bicyclic) bond motifs is 1. The van der Waals surface area contributed by atoms with Gasteiger partial charge in [0.1, 0.15) is 24.2 Å². The summed E-state index contributed by atoms with van der Waals surface area (Å²) in [6.45, 7) is 1.35. The van der Waals surface area contributed by atoms with E-state index in [1.807, 2.05) is 18.1 Å². The lowest BCUT2D eigenvalue weighted by atomic mass is 9.91. The van der Waals surface area contributed by atoms with Crippen LogP contribution in [0.3, 0.4) is 0 Å². The monoisotopic (exact) mass is 355 g/mol. The molecule has 25 heavy (non-hydrogen) atoms. The maximum Gasteiger partial charge on any atom is 0.395 e. The van der Waals surface area contributed by atoms with Crippen molar-refractivity contribution < 1.29 is 18.0 Å². The Labute approximate surface area is 143 Å². The summed E-state index contributed by atoms with van der Waals surface area (Å²) in [4.78, 5) is 23.1. The average Bonchev–Trinajstić information content (AvgIpc) is 3.01. The molecule has 1 fully saturated rings. The first kappa shape index (κ1) is 17.7. The van der Waals surface area contributed by atoms with Gasteiger partial charge < -0.3 is 4.98 Å². The highest BCUT2D eigenvalue weighted by Gasteiger charge is 2.33. The van der Waals surface area contributed by atoms with Crippen molar-refractivity contribution in [3.05, 3.63) is 18.6 Å². The molecule has 9 heteroatoms. The Kier molecular flexibility index (Phi) is 4.94. The minimum Gasteiger partial charge on any atom is -0.346 e. The molecule has 0 saturated carbocycles. The van der Waals surface area contributed by atoms with Crippen LogP contribution in [0.15, 0.2) is 18.6 Å². The van der Waals surface area contributed by atoms with Crippen molar-refractivity contribution in [2.24, 2.45) is 5.92 Å². The zero-order valence-electron chi connectivity index (χ0n) is 13.9. The number of carbonyl (C=O) groups excluding carboxylic acids is 1. The smallest absolute Gasteiger partial charge is 0.346 e. The van der Waals surface area contributed by atoms with Gasteiger partial charge in [0, 0.05) is 32.8 Å². The van der Waals surface area contributed by atoms with Crippen molar-refractivity contribution >= 4 is 22.6 Å². The second-order valence-electron chi connectivity index (χ2n) is 6.39. The van der Waals surface area contributed by atoms with Gasteiger partial charge in [-0.3, -0.25) is 9.80 Å². The minimum atomic E-state index is -4.41. The Morgan fingerprint density at radius 3 is 2.76 bits per heavy atom. The topological polar surface area (TPSA) is 65.1 Å². The number of hydrazine groups is 1. The van der Waals surface area contributed by atoms with Crippen LogP contribution in [0.4, 0.5) is 19.0 Å². The molecule has 2 aromatic heterocycles. The molecule has 1 aliphatic rings. The van der Waals surface area contributed by atoms with Crippen LogP contribution in [-0.4, -0.2) is 52.1 Å². The summed E-state index contributed by atoms with van der Waals surface area (Å²) in [5, 5.41) is 4.96. The summed E-state index contributed by atoms with van der Waals surface area (Å²) in [7, 11) is 1.91. The second-order valence-corrected chi connectivity index (χ2v) is 6.39. The number of hydrogen-bond donors (Lipinski definition) is 1. The molecule has 0 amide bonds. The van der Waals surface area contributed by atoms with E-state index >= 15 is 0 Å². The molecule has 3 rings (SSSR count). The molecular formula is C16H20F3N5O. The van der Waals surface area contributed by atoms with Gasteiger partial charge >= 0.3 is 6.18 Å². The number of Topliss-reactive ketones (excluding diaryl/α,β-unsaturated/α-hetero) is 1. The van der Waals surface area contributed by atoms with Crippen LogP contribution in [0.1, 0.15) is 25.7 Å². The summed E-state index contributed by atoms with van der Waals surface area (Å²) in [5.41, 5.74) is 0.754. The largest absolute Gasteiger partial charge is 0.395 e. The van der Waals surface area contributed by atoms with Crippen LogP contribution in [0.5, 0.6) is 0 Å². The third-order valence-corrected chi connectivity index (χ3v) is 4.57. The van der Waals surface area contributed by atoms with Crippen LogP contribution in [0, 0.1) is 5.92 Å². The number of rotatable bonds is 5. The van der Waals surface area contributed by atoms with Gasteiger partial charge in [-0.05, 0) is 24.8 Å². The third kappa shape index (κ3) is 4.28. The van der Waals surface area contributed by atoms with Gasteiger partial charge in [-0.2, -0.15) is 13.2 Å². The number of aromatic amines is 1. The summed E-state index contributed by atoms with van der Waals surface area (Å²) in [5.74, 6) is 0.0687. The molecule has 1 N–H and O–H groups in total. The number of piperidine rings is 1. The first-order chi connectivity index (χ1) is 11.8. The summed E-state index contributed by atoms with van der Waals surface area (Å²) in [6, 6.07) is 1.91. The van der Waals surface area contributed by atoms with Gasteiger partial charge in [-0.25, -0.2) is 15.0 Å². The number of aromatic nitrogens is 3. The van der Waals surface area contributed by atoms with Crippen molar-refractivity contribution in [3.63, 3.8) is 0 Å². The summed E-state index contributed by atoms with van der Waals surface area (Å²) in [6.07, 6.45) is -1.05. The van der Waals surface area contributed by atoms with Crippen LogP contribution < -0.4 is 5.01 Å². The number of carbonyl (C=O) groups is 1.